The molecule has 2 aliphatic heterocycles. The number of fused-ring (bicyclic) bond motifs is 3. The Morgan fingerprint density at radius 1 is 1.08 bits per heavy atom. The lowest BCUT2D eigenvalue weighted by atomic mass is 9.98. The Balaban J connectivity index is 1.66. The molecule has 2 aromatic carbocycles. The Hall–Kier alpha value is -3.15. The molecule has 4 rings (SSSR count). The van der Waals surface area contributed by atoms with Gasteiger partial charge in [-0.05, 0) is 29.8 Å². The van der Waals surface area contributed by atoms with Gasteiger partial charge in [-0.15, -0.1) is 0 Å². The summed E-state index contributed by atoms with van der Waals surface area (Å²) in [5.41, 5.74) is 1.89. The van der Waals surface area contributed by atoms with E-state index in [0.717, 1.165) is 5.56 Å². The third kappa shape index (κ3) is 2.54. The van der Waals surface area contributed by atoms with Gasteiger partial charge in [0, 0.05) is 24.1 Å². The standard InChI is InChI=1S/C20H18N2O4/c1-26-14-8-6-13(7-9-14)19(24)22-12-17-15-4-2-3-5-16(15)18(23)10-11-21(17)20(22)25/h2-9,17H,10-12H2,1H3. The number of methoxy groups -OCH3 is 1. The van der Waals surface area contributed by atoms with Crippen LogP contribution in [0.5, 0.6) is 5.75 Å². The molecular weight excluding hydrogens is 332 g/mol. The van der Waals surface area contributed by atoms with Crippen LogP contribution < -0.4 is 4.74 Å². The number of benzene rings is 2. The van der Waals surface area contributed by atoms with E-state index in [1.165, 1.54) is 4.90 Å². The van der Waals surface area contributed by atoms with E-state index in [2.05, 4.69) is 0 Å². The van der Waals surface area contributed by atoms with Gasteiger partial charge in [0.1, 0.15) is 5.75 Å². The average molecular weight is 350 g/mol. The van der Waals surface area contributed by atoms with Crippen LogP contribution in [0.2, 0.25) is 0 Å². The van der Waals surface area contributed by atoms with E-state index in [1.807, 2.05) is 18.2 Å². The minimum absolute atomic E-state index is 0.0378. The molecule has 0 bridgehead atoms. The number of carbonyl (C=O) groups excluding carboxylic acids is 3. The van der Waals surface area contributed by atoms with Crippen molar-refractivity contribution < 1.29 is 19.1 Å². The van der Waals surface area contributed by atoms with Gasteiger partial charge in [0.15, 0.2) is 5.78 Å². The van der Waals surface area contributed by atoms with Gasteiger partial charge in [0.25, 0.3) is 5.91 Å². The highest BCUT2D eigenvalue weighted by molar-refractivity contribution is 6.06. The number of carbonyl (C=O) groups is 3. The maximum absolute atomic E-state index is 12.8. The van der Waals surface area contributed by atoms with Gasteiger partial charge in [-0.1, -0.05) is 24.3 Å². The molecule has 3 amide bonds. The van der Waals surface area contributed by atoms with Crippen LogP contribution >= 0.6 is 0 Å². The van der Waals surface area contributed by atoms with Crippen molar-refractivity contribution in [3.63, 3.8) is 0 Å². The van der Waals surface area contributed by atoms with Crippen LogP contribution in [0.1, 0.15) is 38.7 Å². The lowest BCUT2D eigenvalue weighted by molar-refractivity contribution is 0.0821. The molecule has 1 unspecified atom stereocenters. The molecule has 0 aromatic heterocycles. The molecular formula is C20H18N2O4. The van der Waals surface area contributed by atoms with Crippen molar-refractivity contribution >= 4 is 17.7 Å². The van der Waals surface area contributed by atoms with Crippen molar-refractivity contribution in [1.82, 2.24) is 9.80 Å². The minimum atomic E-state index is -0.347. The molecule has 132 valence electrons. The summed E-state index contributed by atoms with van der Waals surface area (Å²) < 4.78 is 5.10. The van der Waals surface area contributed by atoms with E-state index in [0.29, 0.717) is 23.4 Å². The Bertz CT molecular complexity index is 891. The SMILES string of the molecule is COc1ccc(C(=O)N2CC3c4ccccc4C(=O)CCN3C2=O)cc1. The van der Waals surface area contributed by atoms with Gasteiger partial charge in [-0.3, -0.25) is 14.5 Å². The van der Waals surface area contributed by atoms with Crippen LogP contribution in [-0.4, -0.2) is 47.7 Å². The molecule has 0 aliphatic carbocycles. The van der Waals surface area contributed by atoms with Gasteiger partial charge in [0.2, 0.25) is 0 Å². The molecule has 2 aliphatic rings. The third-order valence-corrected chi connectivity index (χ3v) is 4.99. The van der Waals surface area contributed by atoms with E-state index in [1.54, 1.807) is 42.3 Å². The lowest BCUT2D eigenvalue weighted by Crippen LogP contribution is -2.36. The van der Waals surface area contributed by atoms with E-state index in [4.69, 9.17) is 4.74 Å². The van der Waals surface area contributed by atoms with Gasteiger partial charge >= 0.3 is 6.03 Å². The molecule has 1 fully saturated rings. The summed E-state index contributed by atoms with van der Waals surface area (Å²) in [4.78, 5) is 40.9. The number of imide groups is 1. The number of hydrogen-bond acceptors (Lipinski definition) is 4. The van der Waals surface area contributed by atoms with Gasteiger partial charge < -0.3 is 9.64 Å². The van der Waals surface area contributed by atoms with Crippen LogP contribution in [0, 0.1) is 0 Å². The number of ether oxygens (including phenoxy) is 1. The van der Waals surface area contributed by atoms with Crippen LogP contribution in [0.25, 0.3) is 0 Å². The second-order valence-electron chi connectivity index (χ2n) is 6.40. The highest BCUT2D eigenvalue weighted by Crippen LogP contribution is 2.35. The van der Waals surface area contributed by atoms with Crippen molar-refractivity contribution in [2.24, 2.45) is 0 Å². The Kier molecular flexibility index (Phi) is 3.95. The topological polar surface area (TPSA) is 66.9 Å². The van der Waals surface area contributed by atoms with Gasteiger partial charge in [0.05, 0.1) is 19.7 Å². The molecule has 2 aromatic rings. The number of hydrogen-bond donors (Lipinski definition) is 0. The molecule has 0 radical (unpaired) electrons. The van der Waals surface area contributed by atoms with Crippen molar-refractivity contribution in [2.45, 2.75) is 12.5 Å². The number of rotatable bonds is 2. The Labute approximate surface area is 151 Å². The summed E-state index contributed by atoms with van der Waals surface area (Å²) in [6.07, 6.45) is 0.268. The zero-order valence-electron chi connectivity index (χ0n) is 14.3. The first-order valence-electron chi connectivity index (χ1n) is 8.49. The zero-order valence-corrected chi connectivity index (χ0v) is 14.3. The molecule has 1 saturated heterocycles. The molecule has 0 spiro atoms. The van der Waals surface area contributed by atoms with Crippen molar-refractivity contribution in [2.75, 3.05) is 20.2 Å². The summed E-state index contributed by atoms with van der Waals surface area (Å²) in [7, 11) is 1.56. The maximum Gasteiger partial charge on any atom is 0.327 e. The number of Topliss-reactive ketones (excluding diaryl/α,β-unsaturated/α-hetero) is 1. The van der Waals surface area contributed by atoms with E-state index in [-0.39, 0.29) is 36.7 Å². The smallest absolute Gasteiger partial charge is 0.327 e. The average Bonchev–Trinajstić information content (AvgIpc) is 2.94. The van der Waals surface area contributed by atoms with Crippen LogP contribution in [0.4, 0.5) is 4.79 Å². The summed E-state index contributed by atoms with van der Waals surface area (Å²) in [5, 5.41) is 0. The Morgan fingerprint density at radius 3 is 2.54 bits per heavy atom. The molecule has 6 nitrogen and oxygen atoms in total. The van der Waals surface area contributed by atoms with Crippen molar-refractivity contribution in [3.05, 3.63) is 65.2 Å². The third-order valence-electron chi connectivity index (χ3n) is 4.99. The Morgan fingerprint density at radius 2 is 1.81 bits per heavy atom. The summed E-state index contributed by atoms with van der Waals surface area (Å²) in [6.45, 7) is 0.567. The molecule has 0 N–H and O–H groups in total. The zero-order chi connectivity index (χ0) is 18.3. The number of amides is 3. The van der Waals surface area contributed by atoms with Crippen LogP contribution in [0.3, 0.4) is 0 Å². The summed E-state index contributed by atoms with van der Waals surface area (Å²) in [5.74, 6) is 0.348. The van der Waals surface area contributed by atoms with E-state index >= 15 is 0 Å². The number of nitrogens with zero attached hydrogens (tertiary/aromatic N) is 2. The number of urea groups is 1. The highest BCUT2D eigenvalue weighted by atomic mass is 16.5. The largest absolute Gasteiger partial charge is 0.497 e. The summed E-state index contributed by atoms with van der Waals surface area (Å²) >= 11 is 0. The number of ketones is 1. The van der Waals surface area contributed by atoms with Crippen molar-refractivity contribution in [3.8, 4) is 5.75 Å². The normalized spacial score (nSPS) is 19.0. The molecule has 6 heteroatoms. The quantitative estimate of drug-likeness (QED) is 0.835. The van der Waals surface area contributed by atoms with E-state index in [9.17, 15) is 14.4 Å². The van der Waals surface area contributed by atoms with Gasteiger partial charge in [-0.2, -0.15) is 0 Å². The van der Waals surface area contributed by atoms with Crippen LogP contribution in [0.15, 0.2) is 48.5 Å². The molecule has 26 heavy (non-hydrogen) atoms. The second kappa shape index (κ2) is 6.29. The summed E-state index contributed by atoms with van der Waals surface area (Å²) in [6, 6.07) is 13.4. The molecule has 1 atom stereocenters. The van der Waals surface area contributed by atoms with Crippen LogP contribution in [-0.2, 0) is 0 Å². The predicted octanol–water partition coefficient (Wildman–Crippen LogP) is 2.90. The van der Waals surface area contributed by atoms with Gasteiger partial charge in [-0.25, -0.2) is 4.79 Å². The fourth-order valence-corrected chi connectivity index (χ4v) is 3.61. The second-order valence-corrected chi connectivity index (χ2v) is 6.40. The first-order valence-corrected chi connectivity index (χ1v) is 8.49. The first kappa shape index (κ1) is 16.3. The molecule has 2 heterocycles. The fraction of sp³-hybridized carbons (Fsp3) is 0.250. The van der Waals surface area contributed by atoms with E-state index < -0.39 is 0 Å². The monoisotopic (exact) mass is 350 g/mol. The minimum Gasteiger partial charge on any atom is -0.497 e. The lowest BCUT2D eigenvalue weighted by Gasteiger charge is -2.20. The molecule has 0 saturated carbocycles. The highest BCUT2D eigenvalue weighted by Gasteiger charge is 2.43. The first-order chi connectivity index (χ1) is 12.6. The maximum atomic E-state index is 12.8. The predicted molar refractivity (Wildman–Crippen MR) is 94.3 cm³/mol. The van der Waals surface area contributed by atoms with Crippen molar-refractivity contribution in [1.29, 1.82) is 0 Å². The fourth-order valence-electron chi connectivity index (χ4n) is 3.61.